The fourth-order valence-electron chi connectivity index (χ4n) is 2.45. The molecule has 0 saturated carbocycles. The SMILES string of the molecule is CCOC(=O)COC1CCN(C(=O)[C@H](C)NC(=O)OC(C)(C)C)CC1. The van der Waals surface area contributed by atoms with Crippen LogP contribution in [0.25, 0.3) is 0 Å². The quantitative estimate of drug-likeness (QED) is 0.723. The van der Waals surface area contributed by atoms with Crippen molar-refractivity contribution in [3.63, 3.8) is 0 Å². The molecule has 2 amide bonds. The summed E-state index contributed by atoms with van der Waals surface area (Å²) in [7, 11) is 0. The molecule has 1 aliphatic rings. The summed E-state index contributed by atoms with van der Waals surface area (Å²) in [6, 6.07) is -0.660. The first-order valence-electron chi connectivity index (χ1n) is 8.68. The summed E-state index contributed by atoms with van der Waals surface area (Å²) in [6.45, 7) is 9.98. The lowest BCUT2D eigenvalue weighted by Crippen LogP contribution is -2.51. The lowest BCUT2D eigenvalue weighted by atomic mass is 10.1. The number of rotatable bonds is 6. The minimum absolute atomic E-state index is 0.0664. The third-order valence-corrected chi connectivity index (χ3v) is 3.60. The van der Waals surface area contributed by atoms with Crippen molar-refractivity contribution in [2.24, 2.45) is 0 Å². The molecule has 1 fully saturated rings. The van der Waals surface area contributed by atoms with E-state index in [1.54, 1.807) is 39.5 Å². The van der Waals surface area contributed by atoms with Gasteiger partial charge in [-0.15, -0.1) is 0 Å². The van der Waals surface area contributed by atoms with Crippen molar-refractivity contribution in [3.8, 4) is 0 Å². The van der Waals surface area contributed by atoms with Gasteiger partial charge in [-0.05, 0) is 47.5 Å². The van der Waals surface area contributed by atoms with Gasteiger partial charge < -0.3 is 24.4 Å². The largest absolute Gasteiger partial charge is 0.464 e. The molecule has 8 nitrogen and oxygen atoms in total. The van der Waals surface area contributed by atoms with Gasteiger partial charge in [-0.2, -0.15) is 0 Å². The molecule has 8 heteroatoms. The Bertz CT molecular complexity index is 466. The van der Waals surface area contributed by atoms with Crippen molar-refractivity contribution in [1.82, 2.24) is 10.2 Å². The molecule has 1 rings (SSSR count). The second-order valence-electron chi connectivity index (χ2n) is 7.01. The van der Waals surface area contributed by atoms with Gasteiger partial charge in [-0.1, -0.05) is 0 Å². The number of nitrogens with one attached hydrogen (secondary N) is 1. The molecule has 0 aliphatic carbocycles. The number of ether oxygens (including phenoxy) is 3. The number of piperidine rings is 1. The minimum Gasteiger partial charge on any atom is -0.464 e. The second kappa shape index (κ2) is 9.60. The maximum atomic E-state index is 12.4. The van der Waals surface area contributed by atoms with E-state index in [0.717, 1.165) is 0 Å². The second-order valence-corrected chi connectivity index (χ2v) is 7.01. The first kappa shape index (κ1) is 21.2. The Balaban J connectivity index is 2.34. The van der Waals surface area contributed by atoms with Crippen LogP contribution in [-0.2, 0) is 23.8 Å². The third-order valence-electron chi connectivity index (χ3n) is 3.60. The van der Waals surface area contributed by atoms with Gasteiger partial charge >= 0.3 is 12.1 Å². The summed E-state index contributed by atoms with van der Waals surface area (Å²) in [5, 5.41) is 2.55. The molecule has 1 heterocycles. The van der Waals surface area contributed by atoms with Gasteiger partial charge in [0, 0.05) is 13.1 Å². The van der Waals surface area contributed by atoms with Crippen molar-refractivity contribution >= 4 is 18.0 Å². The van der Waals surface area contributed by atoms with E-state index in [1.807, 2.05) is 0 Å². The standard InChI is InChI=1S/C17H30N2O6/c1-6-23-14(20)11-24-13-7-9-19(10-8-13)15(21)12(2)18-16(22)25-17(3,4)5/h12-13H,6-11H2,1-5H3,(H,18,22)/t12-/m0/s1. The number of hydrogen-bond donors (Lipinski definition) is 1. The fraction of sp³-hybridized carbons (Fsp3) is 0.824. The molecule has 25 heavy (non-hydrogen) atoms. The molecule has 0 unspecified atom stereocenters. The number of amides is 2. The Kier molecular flexibility index (Phi) is 8.15. The monoisotopic (exact) mass is 358 g/mol. The van der Waals surface area contributed by atoms with Crippen LogP contribution in [0.3, 0.4) is 0 Å². The summed E-state index contributed by atoms with van der Waals surface area (Å²) in [5.41, 5.74) is -0.610. The van der Waals surface area contributed by atoms with Crippen LogP contribution < -0.4 is 5.32 Å². The first-order valence-corrected chi connectivity index (χ1v) is 8.68. The molecule has 1 saturated heterocycles. The van der Waals surface area contributed by atoms with Crippen LogP contribution in [0.1, 0.15) is 47.5 Å². The minimum atomic E-state index is -0.660. The van der Waals surface area contributed by atoms with E-state index in [9.17, 15) is 14.4 Å². The van der Waals surface area contributed by atoms with E-state index in [-0.39, 0.29) is 24.6 Å². The molecule has 0 aromatic rings. The molecule has 144 valence electrons. The summed E-state index contributed by atoms with van der Waals surface area (Å²) in [4.78, 5) is 37.1. The third kappa shape index (κ3) is 8.20. The van der Waals surface area contributed by atoms with Crippen LogP contribution in [0.5, 0.6) is 0 Å². The first-order chi connectivity index (χ1) is 11.6. The maximum Gasteiger partial charge on any atom is 0.408 e. The summed E-state index contributed by atoms with van der Waals surface area (Å²) in [5.74, 6) is -0.536. The van der Waals surface area contributed by atoms with Crippen molar-refractivity contribution < 1.29 is 28.6 Å². The number of carbonyl (C=O) groups is 3. The topological polar surface area (TPSA) is 94.2 Å². The van der Waals surface area contributed by atoms with E-state index in [0.29, 0.717) is 32.5 Å². The average Bonchev–Trinajstić information content (AvgIpc) is 2.51. The Hall–Kier alpha value is -1.83. The van der Waals surface area contributed by atoms with Crippen molar-refractivity contribution in [1.29, 1.82) is 0 Å². The molecule has 0 aromatic heterocycles. The zero-order valence-corrected chi connectivity index (χ0v) is 15.8. The highest BCUT2D eigenvalue weighted by molar-refractivity contribution is 5.85. The van der Waals surface area contributed by atoms with Crippen LogP contribution >= 0.6 is 0 Å². The van der Waals surface area contributed by atoms with Gasteiger partial charge in [-0.3, -0.25) is 4.79 Å². The van der Waals surface area contributed by atoms with Gasteiger partial charge in [0.2, 0.25) is 5.91 Å². The molecule has 0 spiro atoms. The van der Waals surface area contributed by atoms with E-state index >= 15 is 0 Å². The van der Waals surface area contributed by atoms with Crippen LogP contribution in [-0.4, -0.2) is 66.9 Å². The highest BCUT2D eigenvalue weighted by Gasteiger charge is 2.28. The predicted octanol–water partition coefficient (Wildman–Crippen LogP) is 1.47. The fourth-order valence-corrected chi connectivity index (χ4v) is 2.45. The van der Waals surface area contributed by atoms with Crippen LogP contribution in [0, 0.1) is 0 Å². The smallest absolute Gasteiger partial charge is 0.408 e. The van der Waals surface area contributed by atoms with Crippen LogP contribution in [0.4, 0.5) is 4.79 Å². The number of alkyl carbamates (subject to hydrolysis) is 1. The lowest BCUT2D eigenvalue weighted by molar-refractivity contribution is -0.152. The average molecular weight is 358 g/mol. The number of carbonyl (C=O) groups excluding carboxylic acids is 3. The zero-order valence-electron chi connectivity index (χ0n) is 15.8. The number of likely N-dealkylation sites (tertiary alicyclic amines) is 1. The van der Waals surface area contributed by atoms with Gasteiger partial charge in [-0.25, -0.2) is 9.59 Å². The predicted molar refractivity (Wildman–Crippen MR) is 91.0 cm³/mol. The van der Waals surface area contributed by atoms with Gasteiger partial charge in [0.25, 0.3) is 0 Å². The zero-order chi connectivity index (χ0) is 19.0. The van der Waals surface area contributed by atoms with Gasteiger partial charge in [0.1, 0.15) is 18.2 Å². The lowest BCUT2D eigenvalue weighted by Gasteiger charge is -2.33. The Morgan fingerprint density at radius 2 is 1.80 bits per heavy atom. The van der Waals surface area contributed by atoms with Gasteiger partial charge in [0.05, 0.1) is 12.7 Å². The molecule has 1 atom stereocenters. The highest BCUT2D eigenvalue weighted by Crippen LogP contribution is 2.15. The molecular formula is C17H30N2O6. The molecule has 1 N–H and O–H groups in total. The maximum absolute atomic E-state index is 12.4. The summed E-state index contributed by atoms with van der Waals surface area (Å²) < 4.78 is 15.5. The van der Waals surface area contributed by atoms with Crippen LogP contribution in [0.15, 0.2) is 0 Å². The van der Waals surface area contributed by atoms with Crippen molar-refractivity contribution in [3.05, 3.63) is 0 Å². The number of esters is 1. The Morgan fingerprint density at radius 3 is 2.32 bits per heavy atom. The van der Waals surface area contributed by atoms with Crippen molar-refractivity contribution in [2.75, 3.05) is 26.3 Å². The molecule has 0 bridgehead atoms. The highest BCUT2D eigenvalue weighted by atomic mass is 16.6. The normalized spacial score (nSPS) is 16.9. The summed E-state index contributed by atoms with van der Waals surface area (Å²) >= 11 is 0. The van der Waals surface area contributed by atoms with Gasteiger partial charge in [0.15, 0.2) is 0 Å². The molecule has 1 aliphatic heterocycles. The van der Waals surface area contributed by atoms with Crippen molar-refractivity contribution in [2.45, 2.75) is 65.2 Å². The molecular weight excluding hydrogens is 328 g/mol. The van der Waals surface area contributed by atoms with E-state index in [4.69, 9.17) is 14.2 Å². The summed E-state index contributed by atoms with van der Waals surface area (Å²) in [6.07, 6.45) is 0.609. The van der Waals surface area contributed by atoms with Crippen LogP contribution in [0.2, 0.25) is 0 Å². The molecule has 0 aromatic carbocycles. The number of nitrogens with zero attached hydrogens (tertiary/aromatic N) is 1. The number of hydrogen-bond acceptors (Lipinski definition) is 6. The molecule has 0 radical (unpaired) electrons. The van der Waals surface area contributed by atoms with E-state index < -0.39 is 17.7 Å². The Morgan fingerprint density at radius 1 is 1.20 bits per heavy atom. The van der Waals surface area contributed by atoms with E-state index in [1.165, 1.54) is 0 Å². The Labute approximate surface area is 149 Å². The van der Waals surface area contributed by atoms with E-state index in [2.05, 4.69) is 5.32 Å².